The number of amides is 2. The maximum absolute atomic E-state index is 12.0. The third kappa shape index (κ3) is 5.15. The van der Waals surface area contributed by atoms with Gasteiger partial charge < -0.3 is 10.2 Å². The molecule has 0 bridgehead atoms. The van der Waals surface area contributed by atoms with Crippen molar-refractivity contribution in [1.82, 2.24) is 4.90 Å². The van der Waals surface area contributed by atoms with E-state index in [1.54, 1.807) is 38.2 Å². The maximum Gasteiger partial charge on any atom is 0.249 e. The largest absolute Gasteiger partial charge is 0.333 e. The quantitative estimate of drug-likeness (QED) is 0.667. The highest BCUT2D eigenvalue weighted by Crippen LogP contribution is 2.10. The van der Waals surface area contributed by atoms with Gasteiger partial charge >= 0.3 is 0 Å². The van der Waals surface area contributed by atoms with Crippen LogP contribution in [-0.2, 0) is 9.59 Å². The topological polar surface area (TPSA) is 49.4 Å². The normalized spacial score (nSPS) is 10.7. The van der Waals surface area contributed by atoms with E-state index in [2.05, 4.69) is 11.2 Å². The third-order valence-electron chi connectivity index (χ3n) is 2.89. The van der Waals surface area contributed by atoms with Gasteiger partial charge in [-0.05, 0) is 31.5 Å². The van der Waals surface area contributed by atoms with Crippen LogP contribution >= 0.6 is 0 Å². The lowest BCUT2D eigenvalue weighted by Gasteiger charge is -2.17. The van der Waals surface area contributed by atoms with Gasteiger partial charge in [0.05, 0.1) is 6.54 Å². The lowest BCUT2D eigenvalue weighted by molar-refractivity contribution is -0.130. The zero-order valence-electron chi connectivity index (χ0n) is 12.6. The number of nitrogens with one attached hydrogen (secondary N) is 1. The highest BCUT2D eigenvalue weighted by molar-refractivity contribution is 5.98. The third-order valence-corrected chi connectivity index (χ3v) is 2.89. The van der Waals surface area contributed by atoms with Gasteiger partial charge in [-0.2, -0.15) is 0 Å². The van der Waals surface area contributed by atoms with Gasteiger partial charge in [-0.15, -0.1) is 6.42 Å². The van der Waals surface area contributed by atoms with E-state index >= 15 is 0 Å². The van der Waals surface area contributed by atoms with Crippen molar-refractivity contribution in [2.45, 2.75) is 20.3 Å². The second-order valence-corrected chi connectivity index (χ2v) is 4.73. The zero-order valence-corrected chi connectivity index (χ0v) is 12.6. The summed E-state index contributed by atoms with van der Waals surface area (Å²) in [5.74, 6) is 2.10. The van der Waals surface area contributed by atoms with E-state index < -0.39 is 0 Å². The average molecular weight is 284 g/mol. The number of carbonyl (C=O) groups excluding carboxylic acids is 2. The summed E-state index contributed by atoms with van der Waals surface area (Å²) >= 11 is 0. The molecule has 21 heavy (non-hydrogen) atoms. The standard InChI is InChI=1S/C17H20N2O2/c1-5-8-13(3)17(21)19(4)12-16(20)18-15-10-7-9-14(6-2)11-15/h2,7-11H,5,12H2,1,3-4H3,(H,18,20)/b13-8+. The van der Waals surface area contributed by atoms with Crippen LogP contribution < -0.4 is 5.32 Å². The fraction of sp³-hybridized carbons (Fsp3) is 0.294. The first-order chi connectivity index (χ1) is 9.97. The minimum atomic E-state index is -0.260. The molecular formula is C17H20N2O2. The molecule has 0 aromatic heterocycles. The summed E-state index contributed by atoms with van der Waals surface area (Å²) in [6.45, 7) is 3.70. The molecule has 0 fully saturated rings. The number of allylic oxidation sites excluding steroid dienone is 1. The van der Waals surface area contributed by atoms with Gasteiger partial charge in [0.1, 0.15) is 0 Å². The van der Waals surface area contributed by atoms with Crippen LogP contribution in [-0.4, -0.2) is 30.3 Å². The van der Waals surface area contributed by atoms with Crippen molar-refractivity contribution in [3.05, 3.63) is 41.5 Å². The maximum atomic E-state index is 12.0. The Morgan fingerprint density at radius 3 is 2.76 bits per heavy atom. The molecule has 0 aliphatic heterocycles. The monoisotopic (exact) mass is 284 g/mol. The van der Waals surface area contributed by atoms with Gasteiger partial charge in [0, 0.05) is 23.9 Å². The van der Waals surface area contributed by atoms with E-state index in [1.807, 2.05) is 13.0 Å². The van der Waals surface area contributed by atoms with Crippen LogP contribution in [0.3, 0.4) is 0 Å². The number of likely N-dealkylation sites (N-methyl/N-ethyl adjacent to an activating group) is 1. The van der Waals surface area contributed by atoms with E-state index in [0.717, 1.165) is 6.42 Å². The molecule has 0 saturated heterocycles. The first-order valence-corrected chi connectivity index (χ1v) is 6.76. The van der Waals surface area contributed by atoms with Crippen molar-refractivity contribution in [2.75, 3.05) is 18.9 Å². The molecule has 1 aromatic rings. The van der Waals surface area contributed by atoms with Crippen molar-refractivity contribution < 1.29 is 9.59 Å². The number of terminal acetylenes is 1. The highest BCUT2D eigenvalue weighted by Gasteiger charge is 2.14. The second-order valence-electron chi connectivity index (χ2n) is 4.73. The zero-order chi connectivity index (χ0) is 15.8. The molecule has 0 aliphatic carbocycles. The molecule has 0 atom stereocenters. The number of carbonyl (C=O) groups is 2. The van der Waals surface area contributed by atoms with Crippen LogP contribution in [0.2, 0.25) is 0 Å². The highest BCUT2D eigenvalue weighted by atomic mass is 16.2. The molecule has 2 amide bonds. The Labute approximate surface area is 125 Å². The number of benzene rings is 1. The summed E-state index contributed by atoms with van der Waals surface area (Å²) in [5.41, 5.74) is 1.96. The molecule has 0 unspecified atom stereocenters. The SMILES string of the molecule is C#Cc1cccc(NC(=O)CN(C)C(=O)/C(C)=C/CC)c1. The van der Waals surface area contributed by atoms with E-state index in [4.69, 9.17) is 6.42 Å². The van der Waals surface area contributed by atoms with Crippen LogP contribution in [0.25, 0.3) is 0 Å². The summed E-state index contributed by atoms with van der Waals surface area (Å²) in [4.78, 5) is 25.3. The van der Waals surface area contributed by atoms with E-state index in [1.165, 1.54) is 4.90 Å². The van der Waals surface area contributed by atoms with Crippen LogP contribution in [0.1, 0.15) is 25.8 Å². The number of nitrogens with zero attached hydrogens (tertiary/aromatic N) is 1. The predicted molar refractivity (Wildman–Crippen MR) is 84.7 cm³/mol. The van der Waals surface area contributed by atoms with Gasteiger partial charge in [-0.1, -0.05) is 25.0 Å². The average Bonchev–Trinajstić information content (AvgIpc) is 2.46. The number of hydrogen-bond acceptors (Lipinski definition) is 2. The summed E-state index contributed by atoms with van der Waals surface area (Å²) in [6, 6.07) is 7.02. The molecule has 0 aliphatic rings. The fourth-order valence-corrected chi connectivity index (χ4v) is 1.87. The molecular weight excluding hydrogens is 264 g/mol. The summed E-state index contributed by atoms with van der Waals surface area (Å²) in [5, 5.41) is 2.73. The molecule has 4 heteroatoms. The van der Waals surface area contributed by atoms with Gasteiger partial charge in [0.2, 0.25) is 11.8 Å². The van der Waals surface area contributed by atoms with E-state index in [9.17, 15) is 9.59 Å². The van der Waals surface area contributed by atoms with E-state index in [0.29, 0.717) is 16.8 Å². The fourth-order valence-electron chi connectivity index (χ4n) is 1.87. The van der Waals surface area contributed by atoms with Crippen LogP contribution in [0.15, 0.2) is 35.9 Å². The van der Waals surface area contributed by atoms with Gasteiger partial charge in [-0.3, -0.25) is 9.59 Å². The van der Waals surface area contributed by atoms with Crippen molar-refractivity contribution >= 4 is 17.5 Å². The first-order valence-electron chi connectivity index (χ1n) is 6.76. The minimum absolute atomic E-state index is 0.00594. The smallest absolute Gasteiger partial charge is 0.249 e. The Hall–Kier alpha value is -2.54. The first kappa shape index (κ1) is 16.5. The summed E-state index contributed by atoms with van der Waals surface area (Å²) in [6.07, 6.45) is 7.94. The predicted octanol–water partition coefficient (Wildman–Crippen LogP) is 2.42. The molecule has 4 nitrogen and oxygen atoms in total. The Bertz CT molecular complexity index is 597. The minimum Gasteiger partial charge on any atom is -0.333 e. The van der Waals surface area contributed by atoms with Crippen LogP contribution in [0.4, 0.5) is 5.69 Å². The summed E-state index contributed by atoms with van der Waals surface area (Å²) in [7, 11) is 1.60. The van der Waals surface area contributed by atoms with Crippen molar-refractivity contribution in [3.63, 3.8) is 0 Å². The Balaban J connectivity index is 2.63. The van der Waals surface area contributed by atoms with Crippen LogP contribution in [0.5, 0.6) is 0 Å². The molecule has 1 N–H and O–H groups in total. The van der Waals surface area contributed by atoms with Crippen LogP contribution in [0, 0.1) is 12.3 Å². The molecule has 110 valence electrons. The van der Waals surface area contributed by atoms with Crippen molar-refractivity contribution in [3.8, 4) is 12.3 Å². The summed E-state index contributed by atoms with van der Waals surface area (Å²) < 4.78 is 0. The van der Waals surface area contributed by atoms with E-state index in [-0.39, 0.29) is 18.4 Å². The number of rotatable bonds is 5. The molecule has 0 radical (unpaired) electrons. The van der Waals surface area contributed by atoms with Gasteiger partial charge in [0.25, 0.3) is 0 Å². The molecule has 0 saturated carbocycles. The molecule has 0 spiro atoms. The molecule has 1 rings (SSSR count). The number of anilines is 1. The molecule has 0 heterocycles. The Kier molecular flexibility index (Phi) is 6.22. The van der Waals surface area contributed by atoms with Crippen molar-refractivity contribution in [2.24, 2.45) is 0 Å². The lowest BCUT2D eigenvalue weighted by Crippen LogP contribution is -2.35. The van der Waals surface area contributed by atoms with Crippen molar-refractivity contribution in [1.29, 1.82) is 0 Å². The van der Waals surface area contributed by atoms with Gasteiger partial charge in [0.15, 0.2) is 0 Å². The van der Waals surface area contributed by atoms with Gasteiger partial charge in [-0.25, -0.2) is 0 Å². The number of hydrogen-bond donors (Lipinski definition) is 1. The Morgan fingerprint density at radius 2 is 2.14 bits per heavy atom. The Morgan fingerprint density at radius 1 is 1.43 bits per heavy atom. The molecule has 1 aromatic carbocycles. The lowest BCUT2D eigenvalue weighted by atomic mass is 10.2. The second kappa shape index (κ2) is 7.91.